The second-order valence-electron chi connectivity index (χ2n) is 7.87. The van der Waals surface area contributed by atoms with E-state index in [0.717, 1.165) is 47.7 Å². The summed E-state index contributed by atoms with van der Waals surface area (Å²) in [5.41, 5.74) is 3.45. The molecule has 0 radical (unpaired) electrons. The highest BCUT2D eigenvalue weighted by Gasteiger charge is 2.35. The first-order chi connectivity index (χ1) is 16.1. The zero-order valence-corrected chi connectivity index (χ0v) is 19.8. The van der Waals surface area contributed by atoms with Gasteiger partial charge in [0.1, 0.15) is 15.8 Å². The number of ether oxygens (including phenoxy) is 2. The van der Waals surface area contributed by atoms with E-state index in [0.29, 0.717) is 15.8 Å². The minimum absolute atomic E-state index is 0.0556. The van der Waals surface area contributed by atoms with Gasteiger partial charge in [-0.25, -0.2) is 4.68 Å². The van der Waals surface area contributed by atoms with Crippen LogP contribution in [0.1, 0.15) is 18.4 Å². The second-order valence-corrected chi connectivity index (χ2v) is 9.55. The number of carbonyl (C=O) groups is 1. The van der Waals surface area contributed by atoms with E-state index in [2.05, 4.69) is 0 Å². The number of thiocarbonyl (C=S) groups is 1. The van der Waals surface area contributed by atoms with Crippen LogP contribution >= 0.6 is 24.0 Å². The molecule has 0 spiro atoms. The summed E-state index contributed by atoms with van der Waals surface area (Å²) in [5.74, 6) is 0.667. The van der Waals surface area contributed by atoms with Crippen LogP contribution in [0.3, 0.4) is 0 Å². The normalized spacial score (nSPS) is 19.6. The Kier molecular flexibility index (Phi) is 6.30. The molecule has 1 aromatic heterocycles. The molecule has 2 aliphatic rings. The summed E-state index contributed by atoms with van der Waals surface area (Å²) in [7, 11) is 1.64. The molecule has 2 saturated heterocycles. The van der Waals surface area contributed by atoms with Gasteiger partial charge in [-0.15, -0.1) is 0 Å². The summed E-state index contributed by atoms with van der Waals surface area (Å²) in [6, 6.07) is 17.7. The lowest BCUT2D eigenvalue weighted by Crippen LogP contribution is -2.35. The van der Waals surface area contributed by atoms with Gasteiger partial charge < -0.3 is 9.47 Å². The third kappa shape index (κ3) is 4.59. The summed E-state index contributed by atoms with van der Waals surface area (Å²) in [4.78, 5) is 15.4. The molecule has 6 nitrogen and oxygen atoms in total. The number of aromatic nitrogens is 2. The van der Waals surface area contributed by atoms with Gasteiger partial charge in [0.25, 0.3) is 5.91 Å². The van der Waals surface area contributed by atoms with Gasteiger partial charge in [-0.3, -0.25) is 9.69 Å². The van der Waals surface area contributed by atoms with Crippen molar-refractivity contribution in [3.63, 3.8) is 0 Å². The number of thioether (sulfide) groups is 1. The van der Waals surface area contributed by atoms with Crippen LogP contribution in [0.15, 0.2) is 65.7 Å². The lowest BCUT2D eigenvalue weighted by molar-refractivity contribution is -0.123. The minimum atomic E-state index is -0.0791. The highest BCUT2D eigenvalue weighted by molar-refractivity contribution is 8.26. The summed E-state index contributed by atoms with van der Waals surface area (Å²) in [5, 5.41) is 4.84. The summed E-state index contributed by atoms with van der Waals surface area (Å²) in [6.07, 6.45) is 5.87. The maximum absolute atomic E-state index is 13.2. The molecule has 0 saturated carbocycles. The summed E-state index contributed by atoms with van der Waals surface area (Å²) < 4.78 is 13.5. The van der Waals surface area contributed by atoms with Gasteiger partial charge in [0.05, 0.1) is 30.4 Å². The average Bonchev–Trinajstić information content (AvgIpc) is 3.57. The van der Waals surface area contributed by atoms with Crippen molar-refractivity contribution in [1.82, 2.24) is 14.7 Å². The molecule has 3 aromatic rings. The number of benzene rings is 2. The van der Waals surface area contributed by atoms with Crippen molar-refractivity contribution < 1.29 is 14.3 Å². The Balaban J connectivity index is 1.52. The van der Waals surface area contributed by atoms with Gasteiger partial charge in [0.2, 0.25) is 0 Å². The van der Waals surface area contributed by atoms with Crippen LogP contribution in [-0.2, 0) is 9.53 Å². The van der Waals surface area contributed by atoms with E-state index in [4.69, 9.17) is 26.8 Å². The van der Waals surface area contributed by atoms with Gasteiger partial charge >= 0.3 is 0 Å². The van der Waals surface area contributed by atoms with E-state index < -0.39 is 0 Å². The lowest BCUT2D eigenvalue weighted by Gasteiger charge is -2.18. The van der Waals surface area contributed by atoms with Crippen molar-refractivity contribution in [2.75, 3.05) is 20.3 Å². The molecule has 0 bridgehead atoms. The van der Waals surface area contributed by atoms with Crippen LogP contribution in [-0.4, -0.2) is 51.3 Å². The van der Waals surface area contributed by atoms with E-state index >= 15 is 0 Å². The van der Waals surface area contributed by atoms with Gasteiger partial charge in [0.15, 0.2) is 0 Å². The van der Waals surface area contributed by atoms with Crippen LogP contribution in [0.5, 0.6) is 5.75 Å². The molecule has 1 unspecified atom stereocenters. The Morgan fingerprint density at radius 3 is 2.85 bits per heavy atom. The number of amides is 1. The Bertz CT molecular complexity index is 1220. The molecule has 3 heterocycles. The first-order valence-electron chi connectivity index (χ1n) is 10.8. The minimum Gasteiger partial charge on any atom is -0.497 e. The van der Waals surface area contributed by atoms with E-state index in [1.165, 1.54) is 11.8 Å². The molecule has 8 heteroatoms. The predicted octanol–water partition coefficient (Wildman–Crippen LogP) is 4.93. The number of rotatable bonds is 6. The molecule has 2 aliphatic heterocycles. The summed E-state index contributed by atoms with van der Waals surface area (Å²) in [6.45, 7) is 1.26. The largest absolute Gasteiger partial charge is 0.497 e. The highest BCUT2D eigenvalue weighted by Crippen LogP contribution is 2.36. The van der Waals surface area contributed by atoms with Gasteiger partial charge in [-0.05, 0) is 43.2 Å². The fourth-order valence-electron chi connectivity index (χ4n) is 3.99. The van der Waals surface area contributed by atoms with Gasteiger partial charge in [-0.2, -0.15) is 5.10 Å². The quantitative estimate of drug-likeness (QED) is 0.371. The number of hydrogen-bond donors (Lipinski definition) is 0. The standard InChI is InChI=1S/C25H23N3O3S2/c1-30-20-10-5-7-17(13-20)23-18(15-28(26-23)19-8-3-2-4-9-19)14-22-24(29)27(25(32)33-22)16-21-11-6-12-31-21/h2-5,7-10,13-15,21H,6,11-12,16H2,1H3. The number of carbonyl (C=O) groups excluding carboxylic acids is 1. The Labute approximate surface area is 202 Å². The molecule has 0 aliphatic carbocycles. The van der Waals surface area contributed by atoms with Crippen molar-refractivity contribution >= 4 is 40.3 Å². The van der Waals surface area contributed by atoms with Gasteiger partial charge in [0, 0.05) is 23.9 Å². The third-order valence-corrected chi connectivity index (χ3v) is 7.05. The van der Waals surface area contributed by atoms with Crippen molar-refractivity contribution in [2.24, 2.45) is 0 Å². The van der Waals surface area contributed by atoms with E-state index in [1.54, 1.807) is 12.0 Å². The number of methoxy groups -OCH3 is 1. The van der Waals surface area contributed by atoms with Crippen LogP contribution in [0, 0.1) is 0 Å². The Morgan fingerprint density at radius 1 is 1.24 bits per heavy atom. The number of hydrogen-bond acceptors (Lipinski definition) is 6. The SMILES string of the molecule is COc1cccc(-c2nn(-c3ccccc3)cc2C=C2SC(=S)N(CC3CCCO3)C2=O)c1. The molecule has 1 atom stereocenters. The molecule has 2 aromatic carbocycles. The number of nitrogens with zero attached hydrogens (tertiary/aromatic N) is 3. The summed E-state index contributed by atoms with van der Waals surface area (Å²) >= 11 is 6.85. The lowest BCUT2D eigenvalue weighted by atomic mass is 10.1. The molecular weight excluding hydrogens is 454 g/mol. The Morgan fingerprint density at radius 2 is 2.09 bits per heavy atom. The number of para-hydroxylation sites is 1. The highest BCUT2D eigenvalue weighted by atomic mass is 32.2. The van der Waals surface area contributed by atoms with Crippen LogP contribution in [0.4, 0.5) is 0 Å². The zero-order valence-electron chi connectivity index (χ0n) is 18.1. The fourth-order valence-corrected chi connectivity index (χ4v) is 5.26. The first kappa shape index (κ1) is 21.9. The Hall–Kier alpha value is -2.94. The zero-order chi connectivity index (χ0) is 22.8. The van der Waals surface area contributed by atoms with Crippen molar-refractivity contribution in [2.45, 2.75) is 18.9 Å². The molecular formula is C25H23N3O3S2. The smallest absolute Gasteiger partial charge is 0.266 e. The van der Waals surface area contributed by atoms with Crippen molar-refractivity contribution in [3.05, 3.63) is 71.3 Å². The predicted molar refractivity (Wildman–Crippen MR) is 134 cm³/mol. The van der Waals surface area contributed by atoms with Gasteiger partial charge in [-0.1, -0.05) is 54.3 Å². The molecule has 33 heavy (non-hydrogen) atoms. The maximum atomic E-state index is 13.2. The fraction of sp³-hybridized carbons (Fsp3) is 0.240. The molecule has 5 rings (SSSR count). The first-order valence-corrected chi connectivity index (χ1v) is 12.0. The monoisotopic (exact) mass is 477 g/mol. The molecule has 1 amide bonds. The topological polar surface area (TPSA) is 56.6 Å². The maximum Gasteiger partial charge on any atom is 0.266 e. The van der Waals surface area contributed by atoms with Crippen molar-refractivity contribution in [1.29, 1.82) is 0 Å². The molecule has 0 N–H and O–H groups in total. The molecule has 168 valence electrons. The van der Waals surface area contributed by atoms with E-state index in [1.807, 2.05) is 71.6 Å². The second kappa shape index (κ2) is 9.51. The van der Waals surface area contributed by atoms with E-state index in [9.17, 15) is 4.79 Å². The van der Waals surface area contributed by atoms with Crippen LogP contribution in [0.2, 0.25) is 0 Å². The average molecular weight is 478 g/mol. The molecule has 2 fully saturated rings. The van der Waals surface area contributed by atoms with Crippen molar-refractivity contribution in [3.8, 4) is 22.7 Å². The van der Waals surface area contributed by atoms with Crippen LogP contribution in [0.25, 0.3) is 23.0 Å². The van der Waals surface area contributed by atoms with E-state index in [-0.39, 0.29) is 12.0 Å². The van der Waals surface area contributed by atoms with Crippen LogP contribution < -0.4 is 4.74 Å². The third-order valence-electron chi connectivity index (χ3n) is 5.68.